The molecule has 28 heavy (non-hydrogen) atoms. The Morgan fingerprint density at radius 3 is 2.46 bits per heavy atom. The first-order valence-electron chi connectivity index (χ1n) is 9.81. The summed E-state index contributed by atoms with van der Waals surface area (Å²) in [7, 11) is 0. The van der Waals surface area contributed by atoms with E-state index in [9.17, 15) is 18.7 Å². The number of benzene rings is 1. The van der Waals surface area contributed by atoms with Crippen molar-refractivity contribution in [2.75, 3.05) is 18.1 Å². The number of hydrogen-bond acceptors (Lipinski definition) is 3. The summed E-state index contributed by atoms with van der Waals surface area (Å²) in [6, 6.07) is 7.10. The van der Waals surface area contributed by atoms with Crippen LogP contribution in [0.1, 0.15) is 58.1 Å². The fourth-order valence-electron chi connectivity index (χ4n) is 3.28. The molecule has 0 aromatic heterocycles. The Morgan fingerprint density at radius 1 is 1.21 bits per heavy atom. The smallest absolute Gasteiger partial charge is 0.313 e. The van der Waals surface area contributed by atoms with Crippen LogP contribution in [-0.2, 0) is 16.6 Å². The topological polar surface area (TPSA) is 57.5 Å². The molecule has 0 aliphatic heterocycles. The number of aliphatic carboxylic acids is 1. The molecular formula is C22H34F2O3S. The predicted octanol–water partition coefficient (Wildman–Crippen LogP) is 5.39. The first-order chi connectivity index (χ1) is 13.0. The Balaban J connectivity index is 2.84. The Kier molecular flexibility index (Phi) is 9.91. The molecule has 0 aliphatic rings. The van der Waals surface area contributed by atoms with E-state index in [0.29, 0.717) is 17.7 Å². The second kappa shape index (κ2) is 11.1. The molecule has 0 saturated carbocycles. The number of hydrogen-bond donors (Lipinski definition) is 2. The standard InChI is InChI=1S/C22H34F2O3S/c1-16(19(23)24)13-17-7-5-8-18(14-17)22(4,20(26)27)10-6-9-21(2,3)15-28-12-11-25/h5,7-8,14,16,19,25H,6,9-13,15H2,1-4H3,(H,26,27). The molecule has 0 spiro atoms. The summed E-state index contributed by atoms with van der Waals surface area (Å²) in [5.41, 5.74) is 0.441. The Morgan fingerprint density at radius 2 is 1.89 bits per heavy atom. The molecule has 0 bridgehead atoms. The van der Waals surface area contributed by atoms with Gasteiger partial charge in [0.15, 0.2) is 0 Å². The lowest BCUT2D eigenvalue weighted by atomic mass is 9.75. The van der Waals surface area contributed by atoms with Crippen LogP contribution in [0, 0.1) is 11.3 Å². The third kappa shape index (κ3) is 7.70. The lowest BCUT2D eigenvalue weighted by Crippen LogP contribution is -2.33. The fourth-order valence-corrected chi connectivity index (χ4v) is 4.25. The molecule has 0 fully saturated rings. The summed E-state index contributed by atoms with van der Waals surface area (Å²) in [6.45, 7) is 7.70. The third-order valence-corrected chi connectivity index (χ3v) is 6.74. The Hall–Kier alpha value is -1.14. The molecule has 2 N–H and O–H groups in total. The van der Waals surface area contributed by atoms with Gasteiger partial charge in [-0.25, -0.2) is 8.78 Å². The van der Waals surface area contributed by atoms with Crippen LogP contribution in [0.2, 0.25) is 0 Å². The summed E-state index contributed by atoms with van der Waals surface area (Å²) in [6.07, 6.45) is -0.0232. The minimum absolute atomic E-state index is 0.0633. The highest BCUT2D eigenvalue weighted by Crippen LogP contribution is 2.35. The number of carboxylic acid groups (broad SMARTS) is 1. The summed E-state index contributed by atoms with van der Waals surface area (Å²) in [4.78, 5) is 12.1. The largest absolute Gasteiger partial charge is 0.481 e. The normalized spacial score (nSPS) is 15.4. The van der Waals surface area contributed by atoms with Gasteiger partial charge in [-0.05, 0) is 48.5 Å². The minimum atomic E-state index is -2.39. The van der Waals surface area contributed by atoms with Crippen LogP contribution in [0.5, 0.6) is 0 Å². The molecule has 1 aromatic carbocycles. The minimum Gasteiger partial charge on any atom is -0.481 e. The van der Waals surface area contributed by atoms with Crippen LogP contribution in [0.4, 0.5) is 8.78 Å². The van der Waals surface area contributed by atoms with Gasteiger partial charge < -0.3 is 10.2 Å². The van der Waals surface area contributed by atoms with E-state index < -0.39 is 23.7 Å². The molecule has 1 aromatic rings. The number of rotatable bonds is 13. The van der Waals surface area contributed by atoms with E-state index in [4.69, 9.17) is 5.11 Å². The van der Waals surface area contributed by atoms with Gasteiger partial charge >= 0.3 is 5.97 Å². The van der Waals surface area contributed by atoms with Crippen LogP contribution >= 0.6 is 11.8 Å². The molecule has 2 atom stereocenters. The Labute approximate surface area is 171 Å². The van der Waals surface area contributed by atoms with Crippen LogP contribution in [0.25, 0.3) is 0 Å². The van der Waals surface area contributed by atoms with Crippen LogP contribution in [-0.4, -0.2) is 40.7 Å². The lowest BCUT2D eigenvalue weighted by Gasteiger charge is -2.29. The second-order valence-corrected chi connectivity index (χ2v) is 9.75. The van der Waals surface area contributed by atoms with Crippen molar-refractivity contribution in [1.29, 1.82) is 0 Å². The number of halogens is 2. The maximum Gasteiger partial charge on any atom is 0.313 e. The molecule has 1 rings (SSSR count). The van der Waals surface area contributed by atoms with Gasteiger partial charge in [-0.3, -0.25) is 4.79 Å². The SMILES string of the molecule is CC(Cc1cccc(C(C)(CCCC(C)(C)CSCCO)C(=O)O)c1)C(F)F. The molecule has 2 unspecified atom stereocenters. The van der Waals surface area contributed by atoms with Gasteiger partial charge in [-0.15, -0.1) is 0 Å². The maximum atomic E-state index is 12.9. The van der Waals surface area contributed by atoms with E-state index in [-0.39, 0.29) is 18.4 Å². The average Bonchev–Trinajstić information content (AvgIpc) is 2.61. The van der Waals surface area contributed by atoms with Crippen molar-refractivity contribution in [1.82, 2.24) is 0 Å². The van der Waals surface area contributed by atoms with Crippen molar-refractivity contribution in [2.45, 2.75) is 65.2 Å². The monoisotopic (exact) mass is 416 g/mol. The number of carboxylic acids is 1. The zero-order valence-electron chi connectivity index (χ0n) is 17.4. The van der Waals surface area contributed by atoms with Crippen molar-refractivity contribution < 1.29 is 23.8 Å². The summed E-state index contributed by atoms with van der Waals surface area (Å²) >= 11 is 1.70. The third-order valence-electron chi connectivity index (χ3n) is 5.28. The van der Waals surface area contributed by atoms with Gasteiger partial charge in [-0.1, -0.05) is 51.5 Å². The number of alkyl halides is 2. The summed E-state index contributed by atoms with van der Waals surface area (Å²) in [5, 5.41) is 18.8. The summed E-state index contributed by atoms with van der Waals surface area (Å²) in [5.74, 6) is -0.0269. The highest BCUT2D eigenvalue weighted by molar-refractivity contribution is 7.99. The second-order valence-electron chi connectivity index (χ2n) is 8.65. The molecule has 0 saturated heterocycles. The van der Waals surface area contributed by atoms with E-state index in [2.05, 4.69) is 13.8 Å². The summed E-state index contributed by atoms with van der Waals surface area (Å²) < 4.78 is 25.7. The molecule has 0 aliphatic carbocycles. The van der Waals surface area contributed by atoms with Crippen molar-refractivity contribution in [3.63, 3.8) is 0 Å². The average molecular weight is 417 g/mol. The first-order valence-corrected chi connectivity index (χ1v) is 11.0. The molecule has 3 nitrogen and oxygen atoms in total. The zero-order chi connectivity index (χ0) is 21.4. The fraction of sp³-hybridized carbons (Fsp3) is 0.682. The van der Waals surface area contributed by atoms with E-state index in [1.807, 2.05) is 0 Å². The molecule has 0 amide bonds. The van der Waals surface area contributed by atoms with Gasteiger partial charge in [0.1, 0.15) is 0 Å². The van der Waals surface area contributed by atoms with E-state index in [0.717, 1.165) is 24.2 Å². The number of aliphatic hydroxyl groups excluding tert-OH is 1. The predicted molar refractivity (Wildman–Crippen MR) is 112 cm³/mol. The van der Waals surface area contributed by atoms with Gasteiger partial charge in [0, 0.05) is 11.7 Å². The molecule has 0 heterocycles. The van der Waals surface area contributed by atoms with Crippen molar-refractivity contribution in [3.8, 4) is 0 Å². The zero-order valence-corrected chi connectivity index (χ0v) is 18.2. The molecule has 160 valence electrons. The number of aliphatic hydroxyl groups is 1. The van der Waals surface area contributed by atoms with Crippen molar-refractivity contribution in [2.24, 2.45) is 11.3 Å². The van der Waals surface area contributed by atoms with Crippen LogP contribution in [0.3, 0.4) is 0 Å². The van der Waals surface area contributed by atoms with Gasteiger partial charge in [0.25, 0.3) is 0 Å². The van der Waals surface area contributed by atoms with E-state index in [1.165, 1.54) is 6.92 Å². The molecular weight excluding hydrogens is 382 g/mol. The van der Waals surface area contributed by atoms with Gasteiger partial charge in [-0.2, -0.15) is 11.8 Å². The van der Waals surface area contributed by atoms with Gasteiger partial charge in [0.05, 0.1) is 12.0 Å². The lowest BCUT2D eigenvalue weighted by molar-refractivity contribution is -0.143. The highest BCUT2D eigenvalue weighted by Gasteiger charge is 2.35. The van der Waals surface area contributed by atoms with E-state index >= 15 is 0 Å². The number of thioether (sulfide) groups is 1. The maximum absolute atomic E-state index is 12.9. The highest BCUT2D eigenvalue weighted by atomic mass is 32.2. The number of carbonyl (C=O) groups is 1. The quantitative estimate of drug-likeness (QED) is 0.423. The van der Waals surface area contributed by atoms with E-state index in [1.54, 1.807) is 43.0 Å². The Bertz CT molecular complexity index is 622. The van der Waals surface area contributed by atoms with Crippen LogP contribution < -0.4 is 0 Å². The van der Waals surface area contributed by atoms with Crippen molar-refractivity contribution in [3.05, 3.63) is 35.4 Å². The van der Waals surface area contributed by atoms with Crippen LogP contribution in [0.15, 0.2) is 24.3 Å². The molecule has 6 heteroatoms. The van der Waals surface area contributed by atoms with Crippen molar-refractivity contribution >= 4 is 17.7 Å². The molecule has 0 radical (unpaired) electrons. The van der Waals surface area contributed by atoms with Gasteiger partial charge in [0.2, 0.25) is 6.43 Å². The first kappa shape index (κ1) is 24.9.